The van der Waals surface area contributed by atoms with Crippen LogP contribution in [0.4, 0.5) is 0 Å². The van der Waals surface area contributed by atoms with Gasteiger partial charge in [-0.25, -0.2) is 0 Å². The Morgan fingerprint density at radius 3 is 3.23 bits per heavy atom. The molecule has 1 atom stereocenters. The van der Waals surface area contributed by atoms with Gasteiger partial charge in [-0.1, -0.05) is 6.92 Å². The van der Waals surface area contributed by atoms with Crippen molar-refractivity contribution in [1.29, 1.82) is 0 Å². The number of hydrogen-bond acceptors (Lipinski definition) is 2. The minimum Gasteiger partial charge on any atom is -0.355 e. The highest BCUT2D eigenvalue weighted by Gasteiger charge is 2.08. The minimum atomic E-state index is 0.917. The molecule has 1 rings (SSSR count). The molecule has 0 aromatic heterocycles. The summed E-state index contributed by atoms with van der Waals surface area (Å²) in [6.45, 7) is 5.15. The predicted molar refractivity (Wildman–Crippen MR) is 64.3 cm³/mol. The van der Waals surface area contributed by atoms with Gasteiger partial charge in [0.05, 0.1) is 0 Å². The van der Waals surface area contributed by atoms with Gasteiger partial charge in [-0.05, 0) is 15.8 Å². The van der Waals surface area contributed by atoms with E-state index in [1.807, 2.05) is 11.8 Å². The van der Waals surface area contributed by atoms with Crippen LogP contribution in [-0.2, 0) is 0 Å². The number of nitrogens with one attached hydrogen (secondary N) is 1. The lowest BCUT2D eigenvalue weighted by molar-refractivity contribution is 0.662. The van der Waals surface area contributed by atoms with Crippen molar-refractivity contribution in [2.24, 2.45) is 4.99 Å². The van der Waals surface area contributed by atoms with E-state index in [2.05, 4.69) is 31.3 Å². The van der Waals surface area contributed by atoms with Gasteiger partial charge in [0, 0.05) is 31.1 Å². The lowest BCUT2D eigenvalue weighted by Gasteiger charge is -2.24. The maximum atomic E-state index is 4.49. The van der Waals surface area contributed by atoms with E-state index in [1.54, 1.807) is 0 Å². The van der Waals surface area contributed by atoms with Gasteiger partial charge in [0.15, 0.2) is 5.96 Å². The van der Waals surface area contributed by atoms with Crippen LogP contribution in [0.25, 0.3) is 0 Å². The van der Waals surface area contributed by atoms with Crippen LogP contribution < -0.4 is 5.32 Å². The highest BCUT2D eigenvalue weighted by Crippen LogP contribution is 2.07. The second kappa shape index (κ2) is 6.50. The summed E-state index contributed by atoms with van der Waals surface area (Å²) in [6, 6.07) is 0. The zero-order valence-corrected chi connectivity index (χ0v) is 10.1. The molecule has 0 saturated carbocycles. The molecule has 1 aliphatic heterocycles. The number of thioether (sulfide) groups is 1. The number of guanidine groups is 1. The molecule has 0 spiro atoms. The van der Waals surface area contributed by atoms with Crippen molar-refractivity contribution < 1.29 is 0 Å². The quantitative estimate of drug-likeness (QED) is 0.707. The lowest BCUT2D eigenvalue weighted by Crippen LogP contribution is -2.39. The van der Waals surface area contributed by atoms with Crippen molar-refractivity contribution in [3.8, 4) is 0 Å². The molecule has 0 aromatic rings. The molecule has 1 N–H and O–H groups in total. The molecule has 1 aliphatic rings. The van der Waals surface area contributed by atoms with Gasteiger partial charge < -0.3 is 9.99 Å². The van der Waals surface area contributed by atoms with Crippen LogP contribution >= 0.6 is 21.2 Å². The first kappa shape index (κ1) is 11.1. The summed E-state index contributed by atoms with van der Waals surface area (Å²) in [5, 5.41) is 3.34. The van der Waals surface area contributed by atoms with Crippen LogP contribution in [0, 0.1) is 0 Å². The Labute approximate surface area is 87.0 Å². The van der Waals surface area contributed by atoms with Crippen molar-refractivity contribution in [3.63, 3.8) is 0 Å². The average Bonchev–Trinajstić information content (AvgIpc) is 2.11. The molecule has 0 amide bonds. The number of aliphatic imine (C=N–C) groups is 1. The Morgan fingerprint density at radius 1 is 1.62 bits per heavy atom. The molecule has 1 heterocycles. The normalized spacial score (nSPS) is 22.3. The van der Waals surface area contributed by atoms with Crippen LogP contribution in [0.2, 0.25) is 0 Å². The van der Waals surface area contributed by atoms with E-state index in [9.17, 15) is 0 Å². The predicted octanol–water partition coefficient (Wildman–Crippen LogP) is 1.18. The Hall–Kier alpha value is 0.0500. The van der Waals surface area contributed by atoms with Gasteiger partial charge in [-0.15, -0.1) is 0 Å². The maximum Gasteiger partial charge on any atom is 0.196 e. The third-order valence-electron chi connectivity index (χ3n) is 1.76. The number of rotatable bonds is 2. The van der Waals surface area contributed by atoms with Crippen LogP contribution in [0.15, 0.2) is 4.99 Å². The SMILES string of the molecule is CCC/N=C1\NCCSCCN1P. The van der Waals surface area contributed by atoms with E-state index in [1.165, 1.54) is 11.5 Å². The molecular formula is C8H18N3PS. The van der Waals surface area contributed by atoms with E-state index in [-0.39, 0.29) is 0 Å². The lowest BCUT2D eigenvalue weighted by atomic mass is 10.5. The molecule has 0 aliphatic carbocycles. The van der Waals surface area contributed by atoms with E-state index >= 15 is 0 Å². The fraction of sp³-hybridized carbons (Fsp3) is 0.875. The molecule has 0 bridgehead atoms. The van der Waals surface area contributed by atoms with Crippen molar-refractivity contribution in [2.75, 3.05) is 31.1 Å². The molecule has 0 radical (unpaired) electrons. The van der Waals surface area contributed by atoms with Crippen LogP contribution in [0.5, 0.6) is 0 Å². The Balaban J connectivity index is 2.45. The molecule has 1 unspecified atom stereocenters. The molecule has 0 aromatic carbocycles. The molecular weight excluding hydrogens is 201 g/mol. The van der Waals surface area contributed by atoms with Gasteiger partial charge >= 0.3 is 0 Å². The maximum absolute atomic E-state index is 4.49. The van der Waals surface area contributed by atoms with E-state index in [0.717, 1.165) is 32.0 Å². The first-order valence-electron chi connectivity index (χ1n) is 4.73. The van der Waals surface area contributed by atoms with Crippen molar-refractivity contribution in [2.45, 2.75) is 13.3 Å². The molecule has 76 valence electrons. The molecule has 3 nitrogen and oxygen atoms in total. The Morgan fingerprint density at radius 2 is 2.46 bits per heavy atom. The van der Waals surface area contributed by atoms with Gasteiger partial charge in [-0.3, -0.25) is 4.99 Å². The summed E-state index contributed by atoms with van der Waals surface area (Å²) in [5.74, 6) is 3.41. The summed E-state index contributed by atoms with van der Waals surface area (Å²) >= 11 is 1.99. The van der Waals surface area contributed by atoms with Gasteiger partial charge in [0.25, 0.3) is 0 Å². The van der Waals surface area contributed by atoms with E-state index < -0.39 is 0 Å². The van der Waals surface area contributed by atoms with Gasteiger partial charge in [-0.2, -0.15) is 11.8 Å². The van der Waals surface area contributed by atoms with E-state index in [0.29, 0.717) is 0 Å². The standard InChI is InChI=1S/C8H18N3PS/c1-2-3-9-8-10-4-6-13-7-5-11(8)12/h2-7,12H2,1H3,(H,9,10). The minimum absolute atomic E-state index is 0.917. The summed E-state index contributed by atoms with van der Waals surface area (Å²) in [4.78, 5) is 4.49. The van der Waals surface area contributed by atoms with Crippen LogP contribution in [0.3, 0.4) is 0 Å². The Bertz CT molecular complexity index is 175. The number of nitrogens with zero attached hydrogens (tertiary/aromatic N) is 2. The zero-order valence-electron chi connectivity index (χ0n) is 8.12. The van der Waals surface area contributed by atoms with E-state index in [4.69, 9.17) is 0 Å². The molecule has 1 saturated heterocycles. The summed E-state index contributed by atoms with van der Waals surface area (Å²) in [6.07, 6.45) is 1.11. The van der Waals surface area contributed by atoms with Gasteiger partial charge in [0.1, 0.15) is 0 Å². The van der Waals surface area contributed by atoms with Crippen molar-refractivity contribution >= 4 is 27.1 Å². The first-order chi connectivity index (χ1) is 6.34. The van der Waals surface area contributed by atoms with Crippen LogP contribution in [-0.4, -0.2) is 41.8 Å². The highest BCUT2D eigenvalue weighted by atomic mass is 32.2. The monoisotopic (exact) mass is 219 g/mol. The third kappa shape index (κ3) is 4.19. The summed E-state index contributed by atoms with van der Waals surface area (Å²) in [7, 11) is 2.72. The zero-order chi connectivity index (χ0) is 9.52. The fourth-order valence-electron chi connectivity index (χ4n) is 1.07. The largest absolute Gasteiger partial charge is 0.355 e. The van der Waals surface area contributed by atoms with Crippen LogP contribution in [0.1, 0.15) is 13.3 Å². The van der Waals surface area contributed by atoms with Crippen molar-refractivity contribution in [3.05, 3.63) is 0 Å². The number of hydrogen-bond donors (Lipinski definition) is 1. The first-order valence-corrected chi connectivity index (χ1v) is 6.40. The molecule has 13 heavy (non-hydrogen) atoms. The second-order valence-electron chi connectivity index (χ2n) is 2.94. The average molecular weight is 219 g/mol. The fourth-order valence-corrected chi connectivity index (χ4v) is 2.34. The smallest absolute Gasteiger partial charge is 0.196 e. The van der Waals surface area contributed by atoms with Crippen molar-refractivity contribution in [1.82, 2.24) is 9.99 Å². The summed E-state index contributed by atoms with van der Waals surface area (Å²) < 4.78 is 2.13. The van der Waals surface area contributed by atoms with Gasteiger partial charge in [0.2, 0.25) is 0 Å². The third-order valence-corrected chi connectivity index (χ3v) is 3.23. The summed E-state index contributed by atoms with van der Waals surface area (Å²) in [5.41, 5.74) is 0. The second-order valence-corrected chi connectivity index (χ2v) is 4.79. The molecule has 1 fully saturated rings. The topological polar surface area (TPSA) is 27.6 Å². The Kier molecular flexibility index (Phi) is 5.56. The highest BCUT2D eigenvalue weighted by molar-refractivity contribution is 7.99. The molecule has 5 heteroatoms.